The highest BCUT2D eigenvalue weighted by Gasteiger charge is 2.17. The molecule has 0 atom stereocenters. The first-order chi connectivity index (χ1) is 8.56. The third-order valence-electron chi connectivity index (χ3n) is 3.50. The van der Waals surface area contributed by atoms with E-state index in [0.717, 1.165) is 43.9 Å². The lowest BCUT2D eigenvalue weighted by Crippen LogP contribution is -2.44. The summed E-state index contributed by atoms with van der Waals surface area (Å²) in [5.74, 6) is 0.497. The number of hydrogen-bond acceptors (Lipinski definition) is 2. The van der Waals surface area contributed by atoms with Gasteiger partial charge in [-0.1, -0.05) is 19.9 Å². The topological polar surface area (TPSA) is 6.48 Å². The lowest BCUT2D eigenvalue weighted by molar-refractivity contribution is 0.311. The summed E-state index contributed by atoms with van der Waals surface area (Å²) >= 11 is 0. The van der Waals surface area contributed by atoms with Gasteiger partial charge in [-0.15, -0.1) is 0 Å². The van der Waals surface area contributed by atoms with Crippen molar-refractivity contribution in [2.45, 2.75) is 20.3 Å². The monoisotopic (exact) mass is 250 g/mol. The standard InChI is InChI=1S/C15H23FN2/c1-12(2)10-13-4-5-15(14(16)11-13)18-8-6-17(3)7-9-18/h4-5,11-12H,6-10H2,1-3H3. The third kappa shape index (κ3) is 3.22. The van der Waals surface area contributed by atoms with Crippen LogP contribution in [-0.2, 0) is 6.42 Å². The first kappa shape index (κ1) is 13.3. The van der Waals surface area contributed by atoms with Crippen molar-refractivity contribution < 1.29 is 4.39 Å². The van der Waals surface area contributed by atoms with Gasteiger partial charge in [0.15, 0.2) is 0 Å². The van der Waals surface area contributed by atoms with E-state index in [1.165, 1.54) is 0 Å². The van der Waals surface area contributed by atoms with Crippen LogP contribution >= 0.6 is 0 Å². The van der Waals surface area contributed by atoms with E-state index < -0.39 is 0 Å². The van der Waals surface area contributed by atoms with Gasteiger partial charge in [0.05, 0.1) is 5.69 Å². The van der Waals surface area contributed by atoms with Crippen molar-refractivity contribution in [3.05, 3.63) is 29.6 Å². The Balaban J connectivity index is 2.09. The fourth-order valence-electron chi connectivity index (χ4n) is 2.45. The van der Waals surface area contributed by atoms with Crippen molar-refractivity contribution >= 4 is 5.69 Å². The second-order valence-corrected chi connectivity index (χ2v) is 5.67. The van der Waals surface area contributed by atoms with E-state index in [9.17, 15) is 4.39 Å². The quantitative estimate of drug-likeness (QED) is 0.814. The number of nitrogens with zero attached hydrogens (tertiary/aromatic N) is 2. The van der Waals surface area contributed by atoms with Crippen LogP contribution in [0.3, 0.4) is 0 Å². The number of rotatable bonds is 3. The number of piperazine rings is 1. The summed E-state index contributed by atoms with van der Waals surface area (Å²) in [5.41, 5.74) is 1.86. The van der Waals surface area contributed by atoms with Crippen LogP contribution in [0.25, 0.3) is 0 Å². The smallest absolute Gasteiger partial charge is 0.146 e. The Morgan fingerprint density at radius 1 is 1.17 bits per heavy atom. The molecule has 1 aliphatic heterocycles. The van der Waals surface area contributed by atoms with Gasteiger partial charge in [0, 0.05) is 26.2 Å². The van der Waals surface area contributed by atoms with Gasteiger partial charge in [-0.25, -0.2) is 4.39 Å². The molecule has 1 aromatic rings. The van der Waals surface area contributed by atoms with E-state index in [1.54, 1.807) is 6.07 Å². The Bertz CT molecular complexity index is 395. The van der Waals surface area contributed by atoms with Crippen molar-refractivity contribution in [1.29, 1.82) is 0 Å². The van der Waals surface area contributed by atoms with E-state index in [4.69, 9.17) is 0 Å². The molecule has 1 fully saturated rings. The van der Waals surface area contributed by atoms with E-state index in [0.29, 0.717) is 5.92 Å². The molecular formula is C15H23FN2. The van der Waals surface area contributed by atoms with Gasteiger partial charge in [-0.3, -0.25) is 0 Å². The molecule has 0 bridgehead atoms. The maximum absolute atomic E-state index is 14.1. The van der Waals surface area contributed by atoms with Crippen molar-refractivity contribution in [1.82, 2.24) is 4.90 Å². The maximum Gasteiger partial charge on any atom is 0.146 e. The minimum atomic E-state index is -0.0716. The molecule has 18 heavy (non-hydrogen) atoms. The van der Waals surface area contributed by atoms with Gasteiger partial charge in [-0.05, 0) is 37.1 Å². The molecule has 0 N–H and O–H groups in total. The molecule has 0 amide bonds. The lowest BCUT2D eigenvalue weighted by Gasteiger charge is -2.34. The highest BCUT2D eigenvalue weighted by molar-refractivity contribution is 5.49. The number of halogens is 1. The molecule has 0 aromatic heterocycles. The molecule has 0 unspecified atom stereocenters. The van der Waals surface area contributed by atoms with Crippen LogP contribution in [-0.4, -0.2) is 38.1 Å². The average molecular weight is 250 g/mol. The largest absolute Gasteiger partial charge is 0.367 e. The van der Waals surface area contributed by atoms with Crippen LogP contribution in [0.4, 0.5) is 10.1 Å². The van der Waals surface area contributed by atoms with Gasteiger partial charge >= 0.3 is 0 Å². The summed E-state index contributed by atoms with van der Waals surface area (Å²) < 4.78 is 14.1. The Kier molecular flexibility index (Phi) is 4.23. The van der Waals surface area contributed by atoms with E-state index in [1.807, 2.05) is 6.07 Å². The number of hydrogen-bond donors (Lipinski definition) is 0. The molecule has 0 spiro atoms. The predicted octanol–water partition coefficient (Wildman–Crippen LogP) is 2.78. The molecule has 3 heteroatoms. The highest BCUT2D eigenvalue weighted by atomic mass is 19.1. The normalized spacial score (nSPS) is 17.5. The summed E-state index contributed by atoms with van der Waals surface area (Å²) in [6, 6.07) is 5.71. The molecule has 2 nitrogen and oxygen atoms in total. The molecule has 1 saturated heterocycles. The van der Waals surface area contributed by atoms with Crippen LogP contribution in [0.15, 0.2) is 18.2 Å². The van der Waals surface area contributed by atoms with Crippen LogP contribution in [0.5, 0.6) is 0 Å². The van der Waals surface area contributed by atoms with Gasteiger partial charge in [0.1, 0.15) is 5.82 Å². The predicted molar refractivity (Wildman–Crippen MR) is 74.7 cm³/mol. The molecule has 2 rings (SSSR count). The van der Waals surface area contributed by atoms with Gasteiger partial charge in [0.25, 0.3) is 0 Å². The van der Waals surface area contributed by atoms with E-state index in [-0.39, 0.29) is 5.82 Å². The summed E-state index contributed by atoms with van der Waals surface area (Å²) in [6.07, 6.45) is 0.944. The fraction of sp³-hybridized carbons (Fsp3) is 0.600. The number of likely N-dealkylation sites (N-methyl/N-ethyl adjacent to an activating group) is 1. The van der Waals surface area contributed by atoms with E-state index in [2.05, 4.69) is 36.8 Å². The van der Waals surface area contributed by atoms with Crippen molar-refractivity contribution in [3.8, 4) is 0 Å². The Labute approximate surface area is 109 Å². The van der Waals surface area contributed by atoms with Crippen LogP contribution in [0.2, 0.25) is 0 Å². The highest BCUT2D eigenvalue weighted by Crippen LogP contribution is 2.22. The lowest BCUT2D eigenvalue weighted by atomic mass is 10.0. The zero-order valence-corrected chi connectivity index (χ0v) is 11.6. The molecule has 100 valence electrons. The molecule has 0 aliphatic carbocycles. The number of anilines is 1. The first-order valence-electron chi connectivity index (χ1n) is 6.78. The van der Waals surface area contributed by atoms with E-state index >= 15 is 0 Å². The molecule has 1 heterocycles. The Morgan fingerprint density at radius 3 is 2.39 bits per heavy atom. The second kappa shape index (κ2) is 5.70. The minimum absolute atomic E-state index is 0.0716. The first-order valence-corrected chi connectivity index (χ1v) is 6.78. The SMILES string of the molecule is CC(C)Cc1ccc(N2CCN(C)CC2)c(F)c1. The fourth-order valence-corrected chi connectivity index (χ4v) is 2.45. The van der Waals surface area contributed by atoms with Crippen LogP contribution in [0.1, 0.15) is 19.4 Å². The summed E-state index contributed by atoms with van der Waals surface area (Å²) in [5, 5.41) is 0. The van der Waals surface area contributed by atoms with Gasteiger partial charge in [-0.2, -0.15) is 0 Å². The maximum atomic E-state index is 14.1. The molecular weight excluding hydrogens is 227 g/mol. The molecule has 1 aliphatic rings. The number of benzene rings is 1. The third-order valence-corrected chi connectivity index (χ3v) is 3.50. The van der Waals surface area contributed by atoms with Crippen LogP contribution in [0, 0.1) is 11.7 Å². The summed E-state index contributed by atoms with van der Waals surface area (Å²) in [7, 11) is 2.11. The van der Waals surface area contributed by atoms with Gasteiger partial charge in [0.2, 0.25) is 0 Å². The van der Waals surface area contributed by atoms with Crippen LogP contribution < -0.4 is 4.90 Å². The van der Waals surface area contributed by atoms with Gasteiger partial charge < -0.3 is 9.80 Å². The zero-order valence-electron chi connectivity index (χ0n) is 11.6. The summed E-state index contributed by atoms with van der Waals surface area (Å²) in [6.45, 7) is 8.16. The second-order valence-electron chi connectivity index (χ2n) is 5.67. The summed E-state index contributed by atoms with van der Waals surface area (Å²) in [4.78, 5) is 4.43. The molecule has 0 saturated carbocycles. The zero-order chi connectivity index (χ0) is 13.1. The van der Waals surface area contributed by atoms with Crippen molar-refractivity contribution in [2.75, 3.05) is 38.1 Å². The van der Waals surface area contributed by atoms with Crippen molar-refractivity contribution in [3.63, 3.8) is 0 Å². The van der Waals surface area contributed by atoms with Crippen molar-refractivity contribution in [2.24, 2.45) is 5.92 Å². The Morgan fingerprint density at radius 2 is 1.83 bits per heavy atom. The average Bonchev–Trinajstić information content (AvgIpc) is 2.30. The molecule has 1 aromatic carbocycles. The molecule has 0 radical (unpaired) electrons. The Hall–Kier alpha value is -1.09. The minimum Gasteiger partial charge on any atom is -0.367 e.